The molecule has 2 N–H and O–H groups in total. The van der Waals surface area contributed by atoms with Gasteiger partial charge in [0.25, 0.3) is 5.69 Å². The van der Waals surface area contributed by atoms with E-state index in [1.807, 2.05) is 0 Å². The zero-order valence-corrected chi connectivity index (χ0v) is 11.3. The van der Waals surface area contributed by atoms with Crippen molar-refractivity contribution in [3.05, 3.63) is 34.1 Å². The van der Waals surface area contributed by atoms with Crippen LogP contribution in [0.4, 0.5) is 10.1 Å². The molecule has 1 aliphatic rings. The molecule has 0 radical (unpaired) electrons. The average molecular weight is 303 g/mol. The van der Waals surface area contributed by atoms with Gasteiger partial charge in [0, 0.05) is 25.2 Å². The summed E-state index contributed by atoms with van der Waals surface area (Å²) in [4.78, 5) is 9.20. The first-order valence-electron chi connectivity index (χ1n) is 6.02. The quantitative estimate of drug-likeness (QED) is 0.658. The molecule has 0 saturated carbocycles. The van der Waals surface area contributed by atoms with Crippen molar-refractivity contribution in [2.45, 2.75) is 23.8 Å². The molecule has 0 unspecified atom stereocenters. The van der Waals surface area contributed by atoms with Crippen molar-refractivity contribution in [2.75, 3.05) is 13.1 Å². The van der Waals surface area contributed by atoms with Crippen LogP contribution in [0.25, 0.3) is 0 Å². The van der Waals surface area contributed by atoms with Crippen molar-refractivity contribution in [1.82, 2.24) is 4.31 Å². The highest BCUT2D eigenvalue weighted by molar-refractivity contribution is 7.89. The number of sulfonamides is 1. The predicted molar refractivity (Wildman–Crippen MR) is 69.0 cm³/mol. The third-order valence-corrected chi connectivity index (χ3v) is 5.17. The van der Waals surface area contributed by atoms with Crippen molar-refractivity contribution in [3.63, 3.8) is 0 Å². The Hall–Kier alpha value is -1.58. The summed E-state index contributed by atoms with van der Waals surface area (Å²) in [7, 11) is -3.98. The van der Waals surface area contributed by atoms with Crippen molar-refractivity contribution in [2.24, 2.45) is 5.73 Å². The Labute approximate surface area is 115 Å². The Morgan fingerprint density at radius 3 is 2.45 bits per heavy atom. The number of halogens is 1. The summed E-state index contributed by atoms with van der Waals surface area (Å²) in [5, 5.41) is 10.5. The van der Waals surface area contributed by atoms with E-state index in [0.29, 0.717) is 18.9 Å². The number of benzene rings is 1. The second-order valence-electron chi connectivity index (χ2n) is 4.61. The van der Waals surface area contributed by atoms with Crippen LogP contribution in [0.2, 0.25) is 0 Å². The Kier molecular flexibility index (Phi) is 4.02. The lowest BCUT2D eigenvalue weighted by atomic mass is 10.1. The highest BCUT2D eigenvalue weighted by atomic mass is 32.2. The van der Waals surface area contributed by atoms with E-state index in [4.69, 9.17) is 5.73 Å². The van der Waals surface area contributed by atoms with Crippen LogP contribution >= 0.6 is 0 Å². The fourth-order valence-electron chi connectivity index (χ4n) is 2.07. The molecule has 110 valence electrons. The van der Waals surface area contributed by atoms with Crippen LogP contribution in [0.3, 0.4) is 0 Å². The van der Waals surface area contributed by atoms with Crippen LogP contribution in [0.5, 0.6) is 0 Å². The van der Waals surface area contributed by atoms with Gasteiger partial charge in [-0.3, -0.25) is 10.1 Å². The van der Waals surface area contributed by atoms with E-state index in [1.165, 1.54) is 0 Å². The second kappa shape index (κ2) is 5.43. The van der Waals surface area contributed by atoms with Crippen LogP contribution in [-0.2, 0) is 10.0 Å². The molecular weight excluding hydrogens is 289 g/mol. The van der Waals surface area contributed by atoms with Gasteiger partial charge in [-0.2, -0.15) is 4.31 Å². The maximum absolute atomic E-state index is 13.8. The number of nitro benzene ring substituents is 1. The van der Waals surface area contributed by atoms with Crippen LogP contribution < -0.4 is 5.73 Å². The number of rotatable bonds is 3. The monoisotopic (exact) mass is 303 g/mol. The molecule has 0 aromatic heterocycles. The van der Waals surface area contributed by atoms with Crippen LogP contribution in [0.15, 0.2) is 23.1 Å². The molecule has 2 rings (SSSR count). The average Bonchev–Trinajstić information content (AvgIpc) is 2.38. The Balaban J connectivity index is 2.32. The number of nitro groups is 1. The first kappa shape index (κ1) is 14.8. The molecule has 0 spiro atoms. The van der Waals surface area contributed by atoms with Gasteiger partial charge in [-0.25, -0.2) is 12.8 Å². The number of hydrogen-bond acceptors (Lipinski definition) is 5. The SMILES string of the molecule is NC1CCN(S(=O)(=O)c2ccc([N+](=O)[O-])cc2F)CC1. The molecule has 1 aromatic carbocycles. The summed E-state index contributed by atoms with van der Waals surface area (Å²) < 4.78 is 39.5. The van der Waals surface area contributed by atoms with E-state index in [9.17, 15) is 22.9 Å². The topological polar surface area (TPSA) is 107 Å². The van der Waals surface area contributed by atoms with Gasteiger partial charge in [0.1, 0.15) is 10.7 Å². The number of nitrogens with two attached hydrogens (primary N) is 1. The highest BCUT2D eigenvalue weighted by Crippen LogP contribution is 2.25. The van der Waals surface area contributed by atoms with Gasteiger partial charge in [-0.1, -0.05) is 0 Å². The zero-order chi connectivity index (χ0) is 14.9. The normalized spacial score (nSPS) is 18.1. The van der Waals surface area contributed by atoms with Crippen molar-refractivity contribution in [3.8, 4) is 0 Å². The molecular formula is C11H14FN3O4S. The van der Waals surface area contributed by atoms with Crippen LogP contribution in [-0.4, -0.2) is 36.8 Å². The van der Waals surface area contributed by atoms with Gasteiger partial charge in [0.2, 0.25) is 10.0 Å². The first-order chi connectivity index (χ1) is 9.32. The molecule has 1 heterocycles. The number of non-ortho nitro benzene ring substituents is 1. The number of piperidine rings is 1. The van der Waals surface area contributed by atoms with E-state index in [1.54, 1.807) is 0 Å². The maximum Gasteiger partial charge on any atom is 0.272 e. The molecule has 1 aliphatic heterocycles. The van der Waals surface area contributed by atoms with Crippen LogP contribution in [0, 0.1) is 15.9 Å². The summed E-state index contributed by atoms with van der Waals surface area (Å²) in [6.07, 6.45) is 1.02. The summed E-state index contributed by atoms with van der Waals surface area (Å²) >= 11 is 0. The summed E-state index contributed by atoms with van der Waals surface area (Å²) in [6.45, 7) is 0.444. The van der Waals surface area contributed by atoms with E-state index in [0.717, 1.165) is 16.4 Å². The molecule has 0 bridgehead atoms. The van der Waals surface area contributed by atoms with Crippen molar-refractivity contribution in [1.29, 1.82) is 0 Å². The van der Waals surface area contributed by atoms with Gasteiger partial charge >= 0.3 is 0 Å². The lowest BCUT2D eigenvalue weighted by molar-refractivity contribution is -0.385. The predicted octanol–water partition coefficient (Wildman–Crippen LogP) is 0.846. The Morgan fingerprint density at radius 1 is 1.35 bits per heavy atom. The first-order valence-corrected chi connectivity index (χ1v) is 7.46. The standard InChI is InChI=1S/C11H14FN3O4S/c12-10-7-9(15(16)17)1-2-11(10)20(18,19)14-5-3-8(13)4-6-14/h1-2,7-8H,3-6,13H2. The van der Waals surface area contributed by atoms with Crippen LogP contribution in [0.1, 0.15) is 12.8 Å². The smallest absolute Gasteiger partial charge is 0.272 e. The van der Waals surface area contributed by atoms with E-state index < -0.39 is 31.3 Å². The zero-order valence-electron chi connectivity index (χ0n) is 10.5. The van der Waals surface area contributed by atoms with E-state index in [2.05, 4.69) is 0 Å². The maximum atomic E-state index is 13.8. The van der Waals surface area contributed by atoms with E-state index >= 15 is 0 Å². The summed E-state index contributed by atoms with van der Waals surface area (Å²) in [6, 6.07) is 2.47. The van der Waals surface area contributed by atoms with Crippen molar-refractivity contribution < 1.29 is 17.7 Å². The second-order valence-corrected chi connectivity index (χ2v) is 6.52. The molecule has 7 nitrogen and oxygen atoms in total. The molecule has 20 heavy (non-hydrogen) atoms. The largest absolute Gasteiger partial charge is 0.328 e. The molecule has 0 atom stereocenters. The van der Waals surface area contributed by atoms with E-state index in [-0.39, 0.29) is 19.1 Å². The molecule has 9 heteroatoms. The molecule has 0 aliphatic carbocycles. The van der Waals surface area contributed by atoms with Gasteiger partial charge < -0.3 is 5.73 Å². The third kappa shape index (κ3) is 2.79. The Bertz CT molecular complexity index is 627. The van der Waals surface area contributed by atoms with Gasteiger partial charge in [-0.05, 0) is 18.9 Å². The lowest BCUT2D eigenvalue weighted by Gasteiger charge is -2.29. The minimum Gasteiger partial charge on any atom is -0.328 e. The lowest BCUT2D eigenvalue weighted by Crippen LogP contribution is -2.42. The fraction of sp³-hybridized carbons (Fsp3) is 0.455. The molecule has 1 fully saturated rings. The van der Waals surface area contributed by atoms with Gasteiger partial charge in [0.15, 0.2) is 0 Å². The van der Waals surface area contributed by atoms with Crippen molar-refractivity contribution >= 4 is 15.7 Å². The Morgan fingerprint density at radius 2 is 1.95 bits per heavy atom. The highest BCUT2D eigenvalue weighted by Gasteiger charge is 2.31. The fourth-order valence-corrected chi connectivity index (χ4v) is 3.58. The third-order valence-electron chi connectivity index (χ3n) is 3.24. The minimum atomic E-state index is -3.98. The molecule has 1 aromatic rings. The summed E-state index contributed by atoms with van der Waals surface area (Å²) in [5.41, 5.74) is 5.21. The molecule has 0 amide bonds. The minimum absolute atomic E-state index is 0.0526. The number of hydrogen-bond donors (Lipinski definition) is 1. The number of nitrogens with zero attached hydrogens (tertiary/aromatic N) is 2. The molecule has 1 saturated heterocycles. The van der Waals surface area contributed by atoms with Gasteiger partial charge in [0.05, 0.1) is 11.0 Å². The van der Waals surface area contributed by atoms with Gasteiger partial charge in [-0.15, -0.1) is 0 Å². The summed E-state index contributed by atoms with van der Waals surface area (Å²) in [5.74, 6) is -1.12.